The van der Waals surface area contributed by atoms with Crippen molar-refractivity contribution >= 4 is 17.7 Å². The Kier molecular flexibility index (Phi) is 5.91. The van der Waals surface area contributed by atoms with Crippen molar-refractivity contribution in [2.24, 2.45) is 0 Å². The first kappa shape index (κ1) is 18.8. The van der Waals surface area contributed by atoms with Crippen molar-refractivity contribution in [3.63, 3.8) is 0 Å². The van der Waals surface area contributed by atoms with Crippen LogP contribution in [0, 0.1) is 0 Å². The molecular formula is C20H20F3NOS. The Morgan fingerprint density at radius 2 is 1.85 bits per heavy atom. The summed E-state index contributed by atoms with van der Waals surface area (Å²) in [6.07, 6.45) is -3.53. The zero-order valence-corrected chi connectivity index (χ0v) is 15.0. The van der Waals surface area contributed by atoms with Gasteiger partial charge in [0.25, 0.3) is 0 Å². The summed E-state index contributed by atoms with van der Waals surface area (Å²) in [5.74, 6) is 0.715. The Morgan fingerprint density at radius 3 is 2.58 bits per heavy atom. The van der Waals surface area contributed by atoms with E-state index in [1.807, 2.05) is 30.0 Å². The van der Waals surface area contributed by atoms with Crippen LogP contribution in [0.1, 0.15) is 28.4 Å². The smallest absolute Gasteiger partial charge is 0.342 e. The van der Waals surface area contributed by atoms with Gasteiger partial charge in [-0.05, 0) is 23.6 Å². The lowest BCUT2D eigenvalue weighted by Crippen LogP contribution is -2.34. The number of carbonyl (C=O) groups is 1. The van der Waals surface area contributed by atoms with Crippen LogP contribution in [-0.4, -0.2) is 29.6 Å². The topological polar surface area (TPSA) is 20.3 Å². The molecular weight excluding hydrogens is 359 g/mol. The number of halogens is 3. The van der Waals surface area contributed by atoms with Crippen LogP contribution in [0.25, 0.3) is 0 Å². The standard InChI is InChI=1S/C20H20F3NOS/c21-20(22,23)17-8-4-5-15(13-17)14-19(25)24-10-9-18(26-12-11-24)16-6-2-1-3-7-16/h1-8,13,18H,9-12,14H2/t18-/m0/s1. The number of nitrogens with zero attached hydrogens (tertiary/aromatic N) is 1. The molecule has 3 rings (SSSR count). The fourth-order valence-corrected chi connectivity index (χ4v) is 4.33. The second-order valence-electron chi connectivity index (χ2n) is 6.31. The van der Waals surface area contributed by atoms with Gasteiger partial charge >= 0.3 is 6.18 Å². The normalized spacial score (nSPS) is 18.4. The molecule has 1 heterocycles. The van der Waals surface area contributed by atoms with E-state index in [4.69, 9.17) is 0 Å². The Balaban J connectivity index is 1.62. The molecule has 0 radical (unpaired) electrons. The molecule has 26 heavy (non-hydrogen) atoms. The van der Waals surface area contributed by atoms with Crippen molar-refractivity contribution in [2.45, 2.75) is 24.3 Å². The summed E-state index contributed by atoms with van der Waals surface area (Å²) < 4.78 is 38.5. The Morgan fingerprint density at radius 1 is 1.08 bits per heavy atom. The summed E-state index contributed by atoms with van der Waals surface area (Å²) in [4.78, 5) is 14.3. The SMILES string of the molecule is O=C(Cc1cccc(C(F)(F)F)c1)N1CCS[C@H](c2ccccc2)CC1. The van der Waals surface area contributed by atoms with Crippen molar-refractivity contribution in [3.05, 3.63) is 71.3 Å². The third kappa shape index (κ3) is 4.81. The van der Waals surface area contributed by atoms with Gasteiger partial charge in [-0.2, -0.15) is 24.9 Å². The molecule has 2 aromatic carbocycles. The monoisotopic (exact) mass is 379 g/mol. The lowest BCUT2D eigenvalue weighted by atomic mass is 10.1. The van der Waals surface area contributed by atoms with Gasteiger partial charge in [0.2, 0.25) is 5.91 Å². The Hall–Kier alpha value is -1.95. The number of thioether (sulfide) groups is 1. The third-order valence-corrected chi connectivity index (χ3v) is 5.80. The maximum absolute atomic E-state index is 12.8. The lowest BCUT2D eigenvalue weighted by Gasteiger charge is -2.20. The molecule has 0 aliphatic carbocycles. The average molecular weight is 379 g/mol. The molecule has 1 amide bonds. The van der Waals surface area contributed by atoms with Gasteiger partial charge in [-0.25, -0.2) is 0 Å². The highest BCUT2D eigenvalue weighted by Crippen LogP contribution is 2.34. The summed E-state index contributed by atoms with van der Waals surface area (Å²) >= 11 is 1.83. The first-order valence-corrected chi connectivity index (χ1v) is 9.59. The minimum atomic E-state index is -4.39. The number of hydrogen-bond acceptors (Lipinski definition) is 2. The summed E-state index contributed by atoms with van der Waals surface area (Å²) in [5, 5.41) is 0.350. The highest BCUT2D eigenvalue weighted by atomic mass is 32.2. The van der Waals surface area contributed by atoms with Crippen LogP contribution >= 0.6 is 11.8 Å². The van der Waals surface area contributed by atoms with E-state index in [2.05, 4.69) is 12.1 Å². The number of amides is 1. The minimum absolute atomic E-state index is 0.00455. The summed E-state index contributed by atoms with van der Waals surface area (Å²) in [7, 11) is 0. The first-order chi connectivity index (χ1) is 12.4. The van der Waals surface area contributed by atoms with Crippen molar-refractivity contribution in [3.8, 4) is 0 Å². The fraction of sp³-hybridized carbons (Fsp3) is 0.350. The Labute approximate surface area is 155 Å². The van der Waals surface area contributed by atoms with Crippen LogP contribution in [0.3, 0.4) is 0 Å². The summed E-state index contributed by atoms with van der Waals surface area (Å²) in [6, 6.07) is 15.2. The number of alkyl halides is 3. The number of hydrogen-bond donors (Lipinski definition) is 0. The molecule has 6 heteroatoms. The first-order valence-electron chi connectivity index (χ1n) is 8.54. The van der Waals surface area contributed by atoms with E-state index in [0.717, 1.165) is 24.3 Å². The van der Waals surface area contributed by atoms with Crippen molar-refractivity contribution < 1.29 is 18.0 Å². The van der Waals surface area contributed by atoms with E-state index in [-0.39, 0.29) is 12.3 Å². The highest BCUT2D eigenvalue weighted by molar-refractivity contribution is 7.99. The second kappa shape index (κ2) is 8.16. The van der Waals surface area contributed by atoms with Crippen molar-refractivity contribution in [1.82, 2.24) is 4.90 Å². The highest BCUT2D eigenvalue weighted by Gasteiger charge is 2.30. The van der Waals surface area contributed by atoms with Crippen LogP contribution in [0.4, 0.5) is 13.2 Å². The van der Waals surface area contributed by atoms with E-state index in [1.165, 1.54) is 11.6 Å². The molecule has 0 unspecified atom stereocenters. The lowest BCUT2D eigenvalue weighted by molar-refractivity contribution is -0.138. The van der Waals surface area contributed by atoms with Crippen LogP contribution in [0.5, 0.6) is 0 Å². The molecule has 0 spiro atoms. The van der Waals surface area contributed by atoms with Gasteiger partial charge in [-0.15, -0.1) is 0 Å². The number of benzene rings is 2. The van der Waals surface area contributed by atoms with Crippen LogP contribution in [0.2, 0.25) is 0 Å². The van der Waals surface area contributed by atoms with Gasteiger partial charge in [0.05, 0.1) is 12.0 Å². The minimum Gasteiger partial charge on any atom is -0.342 e. The predicted octanol–water partition coefficient (Wildman–Crippen LogP) is 4.95. The molecule has 1 aliphatic rings. The molecule has 2 aromatic rings. The zero-order chi connectivity index (χ0) is 18.6. The van der Waals surface area contributed by atoms with E-state index in [9.17, 15) is 18.0 Å². The zero-order valence-electron chi connectivity index (χ0n) is 14.2. The molecule has 1 atom stereocenters. The largest absolute Gasteiger partial charge is 0.416 e. The summed E-state index contributed by atoms with van der Waals surface area (Å²) in [5.41, 5.74) is 0.948. The molecule has 0 aromatic heterocycles. The van der Waals surface area contributed by atoms with E-state index in [0.29, 0.717) is 23.9 Å². The maximum atomic E-state index is 12.8. The molecule has 138 valence electrons. The van der Waals surface area contributed by atoms with Gasteiger partial charge in [-0.1, -0.05) is 48.5 Å². The third-order valence-electron chi connectivity index (χ3n) is 4.48. The second-order valence-corrected chi connectivity index (χ2v) is 7.63. The summed E-state index contributed by atoms with van der Waals surface area (Å²) in [6.45, 7) is 1.26. The molecule has 0 saturated carbocycles. The van der Waals surface area contributed by atoms with Crippen LogP contribution < -0.4 is 0 Å². The quantitative estimate of drug-likeness (QED) is 0.752. The molecule has 2 nitrogen and oxygen atoms in total. The van der Waals surface area contributed by atoms with Crippen LogP contribution in [0.15, 0.2) is 54.6 Å². The molecule has 1 aliphatic heterocycles. The van der Waals surface area contributed by atoms with Gasteiger partial charge in [0.1, 0.15) is 0 Å². The molecule has 0 N–H and O–H groups in total. The molecule has 1 saturated heterocycles. The number of rotatable bonds is 3. The van der Waals surface area contributed by atoms with Gasteiger partial charge in [-0.3, -0.25) is 4.79 Å². The van der Waals surface area contributed by atoms with Crippen molar-refractivity contribution in [2.75, 3.05) is 18.8 Å². The van der Waals surface area contributed by atoms with Gasteiger partial charge in [0, 0.05) is 24.1 Å². The van der Waals surface area contributed by atoms with E-state index in [1.54, 1.807) is 11.0 Å². The number of carbonyl (C=O) groups excluding carboxylic acids is 1. The maximum Gasteiger partial charge on any atom is 0.416 e. The van der Waals surface area contributed by atoms with Crippen LogP contribution in [-0.2, 0) is 17.4 Å². The van der Waals surface area contributed by atoms with Crippen molar-refractivity contribution in [1.29, 1.82) is 0 Å². The molecule has 0 bridgehead atoms. The van der Waals surface area contributed by atoms with Gasteiger partial charge in [0.15, 0.2) is 0 Å². The predicted molar refractivity (Wildman–Crippen MR) is 98.0 cm³/mol. The Bertz CT molecular complexity index is 748. The van der Waals surface area contributed by atoms with E-state index >= 15 is 0 Å². The fourth-order valence-electron chi connectivity index (χ4n) is 3.10. The van der Waals surface area contributed by atoms with Gasteiger partial charge < -0.3 is 4.90 Å². The van der Waals surface area contributed by atoms with E-state index < -0.39 is 11.7 Å². The average Bonchev–Trinajstić information content (AvgIpc) is 2.88. The molecule has 1 fully saturated rings.